The van der Waals surface area contributed by atoms with E-state index < -0.39 is 17.7 Å². The number of hydrogen-bond donors (Lipinski definition) is 1. The van der Waals surface area contributed by atoms with E-state index >= 15 is 0 Å². The Kier molecular flexibility index (Phi) is 6.03. The maximum absolute atomic E-state index is 13.4. The molecule has 1 atom stereocenters. The van der Waals surface area contributed by atoms with E-state index in [2.05, 4.69) is 0 Å². The van der Waals surface area contributed by atoms with Gasteiger partial charge >= 0.3 is 0 Å². The second-order valence-corrected chi connectivity index (χ2v) is 8.87. The van der Waals surface area contributed by atoms with Crippen LogP contribution in [-0.4, -0.2) is 35.4 Å². The van der Waals surface area contributed by atoms with Crippen LogP contribution in [-0.2, 0) is 22.6 Å². The highest BCUT2D eigenvalue weighted by molar-refractivity contribution is 6.46. The van der Waals surface area contributed by atoms with Gasteiger partial charge in [-0.25, -0.2) is 0 Å². The first-order chi connectivity index (χ1) is 17.0. The molecule has 0 bridgehead atoms. The van der Waals surface area contributed by atoms with Gasteiger partial charge in [-0.15, -0.1) is 0 Å². The number of carbonyl (C=O) groups is 2. The van der Waals surface area contributed by atoms with Crippen molar-refractivity contribution in [1.29, 1.82) is 0 Å². The van der Waals surface area contributed by atoms with E-state index in [0.717, 1.165) is 40.8 Å². The molecular weight excluding hydrogens is 442 g/mol. The Morgan fingerprint density at radius 3 is 2.66 bits per heavy atom. The van der Waals surface area contributed by atoms with Gasteiger partial charge in [0.05, 0.1) is 31.9 Å². The van der Waals surface area contributed by atoms with Crippen LogP contribution < -0.4 is 9.47 Å². The van der Waals surface area contributed by atoms with Gasteiger partial charge in [-0.05, 0) is 60.7 Å². The first-order valence-electron chi connectivity index (χ1n) is 11.7. The zero-order valence-electron chi connectivity index (χ0n) is 19.8. The Bertz CT molecular complexity index is 1340. The summed E-state index contributed by atoms with van der Waals surface area (Å²) in [5.74, 6) is -0.0911. The van der Waals surface area contributed by atoms with E-state index in [0.29, 0.717) is 17.9 Å². The van der Waals surface area contributed by atoms with Crippen molar-refractivity contribution in [3.05, 3.63) is 100 Å². The summed E-state index contributed by atoms with van der Waals surface area (Å²) in [4.78, 5) is 28.3. The Hall–Kier alpha value is -4.06. The molecule has 5 rings (SSSR count). The van der Waals surface area contributed by atoms with E-state index in [1.807, 2.05) is 67.6 Å². The highest BCUT2D eigenvalue weighted by Crippen LogP contribution is 2.42. The van der Waals surface area contributed by atoms with Crippen LogP contribution in [0.2, 0.25) is 0 Å². The van der Waals surface area contributed by atoms with Gasteiger partial charge in [-0.1, -0.05) is 42.5 Å². The van der Waals surface area contributed by atoms with Crippen LogP contribution in [0.1, 0.15) is 40.3 Å². The summed E-state index contributed by atoms with van der Waals surface area (Å²) in [7, 11) is 1.57. The molecule has 0 aliphatic carbocycles. The van der Waals surface area contributed by atoms with Gasteiger partial charge in [0.1, 0.15) is 17.3 Å². The fourth-order valence-corrected chi connectivity index (χ4v) is 4.94. The summed E-state index contributed by atoms with van der Waals surface area (Å²) < 4.78 is 11.2. The molecule has 3 aromatic carbocycles. The van der Waals surface area contributed by atoms with E-state index in [-0.39, 0.29) is 17.9 Å². The number of aliphatic hydroxyl groups is 1. The number of amides is 1. The summed E-state index contributed by atoms with van der Waals surface area (Å²) >= 11 is 0. The molecule has 0 aromatic heterocycles. The van der Waals surface area contributed by atoms with Crippen molar-refractivity contribution in [2.75, 3.05) is 13.7 Å². The van der Waals surface area contributed by atoms with Crippen molar-refractivity contribution in [3.8, 4) is 11.5 Å². The Morgan fingerprint density at radius 2 is 1.86 bits per heavy atom. The predicted molar refractivity (Wildman–Crippen MR) is 132 cm³/mol. The molecule has 6 heteroatoms. The first kappa shape index (κ1) is 22.7. The minimum absolute atomic E-state index is 0.0934. The molecular formula is C29H27NO5. The number of fused-ring (bicyclic) bond motifs is 1. The van der Waals surface area contributed by atoms with Crippen LogP contribution in [0.25, 0.3) is 5.76 Å². The van der Waals surface area contributed by atoms with Gasteiger partial charge in [-0.3, -0.25) is 9.59 Å². The lowest BCUT2D eigenvalue weighted by molar-refractivity contribution is -0.140. The summed E-state index contributed by atoms with van der Waals surface area (Å²) in [5, 5.41) is 11.4. The molecule has 2 heterocycles. The van der Waals surface area contributed by atoms with Crippen LogP contribution in [0, 0.1) is 6.92 Å². The van der Waals surface area contributed by atoms with Gasteiger partial charge < -0.3 is 19.5 Å². The highest BCUT2D eigenvalue weighted by atomic mass is 16.5. The van der Waals surface area contributed by atoms with Crippen LogP contribution in [0.5, 0.6) is 11.5 Å². The highest BCUT2D eigenvalue weighted by Gasteiger charge is 2.46. The number of nitrogens with zero attached hydrogens (tertiary/aromatic N) is 1. The van der Waals surface area contributed by atoms with Crippen LogP contribution in [0.15, 0.2) is 72.3 Å². The quantitative estimate of drug-likeness (QED) is 0.325. The lowest BCUT2D eigenvalue weighted by atomic mass is 9.91. The topological polar surface area (TPSA) is 76.1 Å². The number of methoxy groups -OCH3 is 1. The third-order valence-electron chi connectivity index (χ3n) is 6.74. The van der Waals surface area contributed by atoms with Crippen LogP contribution in [0.4, 0.5) is 0 Å². The van der Waals surface area contributed by atoms with Crippen molar-refractivity contribution in [1.82, 2.24) is 4.90 Å². The first-order valence-corrected chi connectivity index (χ1v) is 11.7. The number of rotatable bonds is 5. The number of ether oxygens (including phenoxy) is 2. The number of likely N-dealkylation sites (tertiary alicyclic amines) is 1. The number of aliphatic hydroxyl groups excluding tert-OH is 1. The minimum atomic E-state index is -0.728. The summed E-state index contributed by atoms with van der Waals surface area (Å²) in [6.45, 7) is 2.77. The fourth-order valence-electron chi connectivity index (χ4n) is 4.94. The monoisotopic (exact) mass is 469 g/mol. The van der Waals surface area contributed by atoms with Gasteiger partial charge in [-0.2, -0.15) is 0 Å². The van der Waals surface area contributed by atoms with Gasteiger partial charge in [0, 0.05) is 11.1 Å². The number of Topliss-reactive ketones (excluding diaryl/α,β-unsaturated/α-hetero) is 1. The van der Waals surface area contributed by atoms with E-state index in [1.165, 1.54) is 4.90 Å². The number of carbonyl (C=O) groups excluding carboxylic acids is 2. The number of ketones is 1. The van der Waals surface area contributed by atoms with Gasteiger partial charge in [0.15, 0.2) is 0 Å². The molecule has 178 valence electrons. The Labute approximate surface area is 204 Å². The summed E-state index contributed by atoms with van der Waals surface area (Å²) in [6, 6.07) is 19.7. The Morgan fingerprint density at radius 1 is 1.09 bits per heavy atom. The van der Waals surface area contributed by atoms with Crippen molar-refractivity contribution in [2.24, 2.45) is 0 Å². The molecule has 1 saturated heterocycles. The Balaban J connectivity index is 1.65. The molecule has 3 aromatic rings. The number of benzene rings is 3. The minimum Gasteiger partial charge on any atom is -0.507 e. The molecule has 6 nitrogen and oxygen atoms in total. The van der Waals surface area contributed by atoms with Crippen molar-refractivity contribution in [3.63, 3.8) is 0 Å². The lowest BCUT2D eigenvalue weighted by Gasteiger charge is -2.27. The third kappa shape index (κ3) is 4.05. The number of hydrogen-bond acceptors (Lipinski definition) is 5. The average molecular weight is 470 g/mol. The van der Waals surface area contributed by atoms with Crippen molar-refractivity contribution in [2.45, 2.75) is 32.4 Å². The smallest absolute Gasteiger partial charge is 0.295 e. The molecule has 1 fully saturated rings. The molecule has 1 N–H and O–H groups in total. The van der Waals surface area contributed by atoms with E-state index in [1.54, 1.807) is 13.2 Å². The fraction of sp³-hybridized carbons (Fsp3) is 0.241. The van der Waals surface area contributed by atoms with Crippen molar-refractivity contribution >= 4 is 17.4 Å². The zero-order valence-corrected chi connectivity index (χ0v) is 19.8. The largest absolute Gasteiger partial charge is 0.507 e. The van der Waals surface area contributed by atoms with Crippen LogP contribution >= 0.6 is 0 Å². The second kappa shape index (κ2) is 9.29. The maximum Gasteiger partial charge on any atom is 0.295 e. The van der Waals surface area contributed by atoms with Gasteiger partial charge in [0.2, 0.25) is 0 Å². The summed E-state index contributed by atoms with van der Waals surface area (Å²) in [6.07, 6.45) is 1.73. The zero-order chi connectivity index (χ0) is 24.5. The van der Waals surface area contributed by atoms with E-state index in [4.69, 9.17) is 9.47 Å². The molecule has 0 radical (unpaired) electrons. The molecule has 0 spiro atoms. The maximum atomic E-state index is 13.4. The molecule has 1 amide bonds. The van der Waals surface area contributed by atoms with Crippen LogP contribution in [0.3, 0.4) is 0 Å². The average Bonchev–Trinajstić information content (AvgIpc) is 3.13. The molecule has 2 aliphatic heterocycles. The molecule has 1 unspecified atom stereocenters. The van der Waals surface area contributed by atoms with Crippen molar-refractivity contribution < 1.29 is 24.2 Å². The van der Waals surface area contributed by atoms with E-state index in [9.17, 15) is 14.7 Å². The van der Waals surface area contributed by atoms with Gasteiger partial charge in [0.25, 0.3) is 11.7 Å². The normalized spacial score (nSPS) is 18.8. The SMILES string of the molecule is COc1ccccc1CN1C(=O)C(=O)/C(=C(/O)c2ccc3c(c2)CCCO3)C1c1ccccc1C. The second-order valence-electron chi connectivity index (χ2n) is 8.87. The summed E-state index contributed by atoms with van der Waals surface area (Å²) in [5.41, 5.74) is 4.08. The third-order valence-corrected chi connectivity index (χ3v) is 6.74. The molecule has 0 saturated carbocycles. The molecule has 35 heavy (non-hydrogen) atoms. The lowest BCUT2D eigenvalue weighted by Crippen LogP contribution is -2.29. The number of para-hydroxylation sites is 1. The predicted octanol–water partition coefficient (Wildman–Crippen LogP) is 4.95. The number of aryl methyl sites for hydroxylation is 2. The molecule has 2 aliphatic rings. The standard InChI is InChI=1S/C29H27NO5/c1-18-8-3-5-11-22(18)26-25(27(31)20-13-14-24-19(16-20)10-7-15-35-24)28(32)29(33)30(26)17-21-9-4-6-12-23(21)34-2/h3-6,8-9,11-14,16,26,31H,7,10,15,17H2,1-2H3/b27-25+.